The van der Waals surface area contributed by atoms with Crippen molar-refractivity contribution in [3.63, 3.8) is 0 Å². The van der Waals surface area contributed by atoms with Crippen LogP contribution in [0.5, 0.6) is 0 Å². The van der Waals surface area contributed by atoms with Gasteiger partial charge >= 0.3 is 5.97 Å². The fourth-order valence-electron chi connectivity index (χ4n) is 2.27. The third-order valence-corrected chi connectivity index (χ3v) is 3.35. The van der Waals surface area contributed by atoms with Gasteiger partial charge in [0.05, 0.1) is 5.92 Å². The fourth-order valence-corrected chi connectivity index (χ4v) is 2.27. The van der Waals surface area contributed by atoms with E-state index in [1.807, 2.05) is 0 Å². The lowest BCUT2D eigenvalue weighted by Gasteiger charge is -2.30. The summed E-state index contributed by atoms with van der Waals surface area (Å²) in [5.74, 6) is -1.83. The third kappa shape index (κ3) is 2.83. The van der Waals surface area contributed by atoms with Crippen molar-refractivity contribution in [3.05, 3.63) is 33.7 Å². The predicted molar refractivity (Wildman–Crippen MR) is 68.1 cm³/mol. The van der Waals surface area contributed by atoms with Gasteiger partial charge in [-0.3, -0.25) is 14.4 Å². The number of nitrogens with one attached hydrogen (secondary N) is 1. The van der Waals surface area contributed by atoms with Crippen molar-refractivity contribution in [3.8, 4) is 0 Å². The number of piperidine rings is 1. The van der Waals surface area contributed by atoms with Crippen LogP contribution in [0.2, 0.25) is 0 Å². The lowest BCUT2D eigenvalue weighted by atomic mass is 9.98. The van der Waals surface area contributed by atoms with Gasteiger partial charge in [-0.25, -0.2) is 0 Å². The highest BCUT2D eigenvalue weighted by molar-refractivity contribution is 5.94. The number of nitrogens with zero attached hydrogens (tertiary/aromatic N) is 1. The Morgan fingerprint density at radius 1 is 1.47 bits per heavy atom. The van der Waals surface area contributed by atoms with E-state index in [9.17, 15) is 14.4 Å². The number of carbonyl (C=O) groups excluding carboxylic acids is 1. The molecule has 0 radical (unpaired) electrons. The Morgan fingerprint density at radius 2 is 2.21 bits per heavy atom. The summed E-state index contributed by atoms with van der Waals surface area (Å²) in [7, 11) is 0. The van der Waals surface area contributed by atoms with E-state index in [0.29, 0.717) is 25.1 Å². The van der Waals surface area contributed by atoms with Crippen molar-refractivity contribution < 1.29 is 14.7 Å². The first-order valence-electron chi connectivity index (χ1n) is 6.20. The Bertz CT molecular complexity index is 564. The van der Waals surface area contributed by atoms with Gasteiger partial charge in [-0.1, -0.05) is 0 Å². The summed E-state index contributed by atoms with van der Waals surface area (Å²) in [5.41, 5.74) is 0.416. The molecule has 1 saturated heterocycles. The number of likely N-dealkylation sites (tertiary alicyclic amines) is 1. The number of hydrogen-bond acceptors (Lipinski definition) is 3. The zero-order chi connectivity index (χ0) is 14.0. The second kappa shape index (κ2) is 5.26. The summed E-state index contributed by atoms with van der Waals surface area (Å²) >= 11 is 0. The van der Waals surface area contributed by atoms with Crippen molar-refractivity contribution in [2.24, 2.45) is 5.92 Å². The number of pyridine rings is 1. The van der Waals surface area contributed by atoms with Gasteiger partial charge in [0.25, 0.3) is 5.91 Å². The van der Waals surface area contributed by atoms with Crippen LogP contribution in [0.3, 0.4) is 0 Å². The van der Waals surface area contributed by atoms with Crippen LogP contribution in [-0.4, -0.2) is 40.0 Å². The molecule has 1 aliphatic rings. The average Bonchev–Trinajstić information content (AvgIpc) is 2.38. The summed E-state index contributed by atoms with van der Waals surface area (Å²) in [6.07, 6.45) is 2.61. The number of carboxylic acid groups (broad SMARTS) is 1. The number of carboxylic acids is 1. The van der Waals surface area contributed by atoms with Gasteiger partial charge < -0.3 is 15.0 Å². The molecule has 1 aromatic heterocycles. The molecule has 0 spiro atoms. The second-order valence-corrected chi connectivity index (χ2v) is 4.82. The molecule has 1 atom stereocenters. The van der Waals surface area contributed by atoms with E-state index in [1.165, 1.54) is 17.2 Å². The van der Waals surface area contributed by atoms with E-state index >= 15 is 0 Å². The largest absolute Gasteiger partial charge is 0.481 e. The standard InChI is InChI=1S/C13H16N2O4/c1-8-5-11(16)10(6-14-8)12(17)15-4-2-3-9(7-15)13(18)19/h5-6,9H,2-4,7H2,1H3,(H,14,16)(H,18,19). The van der Waals surface area contributed by atoms with Crippen LogP contribution < -0.4 is 5.43 Å². The minimum absolute atomic E-state index is 0.0663. The Labute approximate surface area is 110 Å². The summed E-state index contributed by atoms with van der Waals surface area (Å²) < 4.78 is 0. The molecule has 2 N–H and O–H groups in total. The molecule has 1 amide bonds. The van der Waals surface area contributed by atoms with Crippen molar-refractivity contribution in [2.75, 3.05) is 13.1 Å². The van der Waals surface area contributed by atoms with Crippen LogP contribution in [0.15, 0.2) is 17.1 Å². The summed E-state index contributed by atoms with van der Waals surface area (Å²) in [4.78, 5) is 39.2. The summed E-state index contributed by atoms with van der Waals surface area (Å²) in [6, 6.07) is 1.37. The average molecular weight is 264 g/mol. The molecular weight excluding hydrogens is 248 g/mol. The van der Waals surface area contributed by atoms with Crippen LogP contribution in [0.4, 0.5) is 0 Å². The Morgan fingerprint density at radius 3 is 2.84 bits per heavy atom. The van der Waals surface area contributed by atoms with Crippen molar-refractivity contribution in [1.82, 2.24) is 9.88 Å². The number of H-pyrrole nitrogens is 1. The van der Waals surface area contributed by atoms with Crippen LogP contribution in [0.1, 0.15) is 28.9 Å². The number of aryl methyl sites for hydroxylation is 1. The molecule has 102 valence electrons. The molecule has 1 aromatic rings. The minimum atomic E-state index is -0.893. The number of hydrogen-bond donors (Lipinski definition) is 2. The van der Waals surface area contributed by atoms with E-state index in [1.54, 1.807) is 6.92 Å². The molecule has 6 heteroatoms. The number of aromatic amines is 1. The second-order valence-electron chi connectivity index (χ2n) is 4.82. The first-order chi connectivity index (χ1) is 8.99. The zero-order valence-electron chi connectivity index (χ0n) is 10.7. The molecule has 0 aliphatic carbocycles. The number of amides is 1. The highest BCUT2D eigenvalue weighted by atomic mass is 16.4. The number of carbonyl (C=O) groups is 2. The van der Waals surface area contributed by atoms with Crippen LogP contribution in [0, 0.1) is 12.8 Å². The summed E-state index contributed by atoms with van der Waals surface area (Å²) in [5, 5.41) is 8.99. The van der Waals surface area contributed by atoms with Crippen molar-refractivity contribution >= 4 is 11.9 Å². The Kier molecular flexibility index (Phi) is 3.69. The molecule has 2 rings (SSSR count). The first-order valence-corrected chi connectivity index (χ1v) is 6.20. The highest BCUT2D eigenvalue weighted by Gasteiger charge is 2.29. The minimum Gasteiger partial charge on any atom is -0.481 e. The Hall–Kier alpha value is -2.11. The highest BCUT2D eigenvalue weighted by Crippen LogP contribution is 2.17. The molecular formula is C13H16N2O4. The van der Waals surface area contributed by atoms with Gasteiger partial charge in [0, 0.05) is 31.0 Å². The molecule has 0 aromatic carbocycles. The van der Waals surface area contributed by atoms with E-state index in [2.05, 4.69) is 4.98 Å². The van der Waals surface area contributed by atoms with Crippen molar-refractivity contribution in [1.29, 1.82) is 0 Å². The predicted octanol–water partition coefficient (Wildman–Crippen LogP) is 0.620. The fraction of sp³-hybridized carbons (Fsp3) is 0.462. The van der Waals surface area contributed by atoms with Crippen LogP contribution in [-0.2, 0) is 4.79 Å². The molecule has 1 fully saturated rings. The van der Waals surface area contributed by atoms with Gasteiger partial charge in [-0.15, -0.1) is 0 Å². The first kappa shape index (κ1) is 13.3. The molecule has 0 saturated carbocycles. The van der Waals surface area contributed by atoms with Crippen molar-refractivity contribution in [2.45, 2.75) is 19.8 Å². The van der Waals surface area contributed by atoms with E-state index in [-0.39, 0.29) is 17.5 Å². The van der Waals surface area contributed by atoms with E-state index in [4.69, 9.17) is 5.11 Å². The molecule has 19 heavy (non-hydrogen) atoms. The van der Waals surface area contributed by atoms with Crippen LogP contribution in [0.25, 0.3) is 0 Å². The number of rotatable bonds is 2. The van der Waals surface area contributed by atoms with Gasteiger partial charge in [-0.05, 0) is 19.8 Å². The monoisotopic (exact) mass is 264 g/mol. The topological polar surface area (TPSA) is 90.5 Å². The maximum absolute atomic E-state index is 12.2. The SMILES string of the molecule is Cc1cc(=O)c(C(=O)N2CCCC(C(=O)O)C2)c[nH]1. The molecule has 2 heterocycles. The molecule has 1 aliphatic heterocycles. The van der Waals surface area contributed by atoms with Gasteiger partial charge in [-0.2, -0.15) is 0 Å². The lowest BCUT2D eigenvalue weighted by Crippen LogP contribution is -2.43. The summed E-state index contributed by atoms with van der Waals surface area (Å²) in [6.45, 7) is 2.40. The van der Waals surface area contributed by atoms with Gasteiger partial charge in [0.2, 0.25) is 0 Å². The molecule has 6 nitrogen and oxygen atoms in total. The maximum Gasteiger partial charge on any atom is 0.308 e. The molecule has 0 bridgehead atoms. The van der Waals surface area contributed by atoms with Gasteiger partial charge in [0.1, 0.15) is 5.56 Å². The van der Waals surface area contributed by atoms with Gasteiger partial charge in [0.15, 0.2) is 5.43 Å². The smallest absolute Gasteiger partial charge is 0.308 e. The normalized spacial score (nSPS) is 19.2. The maximum atomic E-state index is 12.2. The van der Waals surface area contributed by atoms with Crippen LogP contribution >= 0.6 is 0 Å². The third-order valence-electron chi connectivity index (χ3n) is 3.35. The van der Waals surface area contributed by atoms with E-state index in [0.717, 1.165) is 0 Å². The lowest BCUT2D eigenvalue weighted by molar-refractivity contribution is -0.143. The number of aromatic nitrogens is 1. The quantitative estimate of drug-likeness (QED) is 0.819. The molecule has 1 unspecified atom stereocenters. The number of aliphatic carboxylic acids is 1. The Balaban J connectivity index is 2.19. The van der Waals surface area contributed by atoms with E-state index < -0.39 is 17.8 Å². The zero-order valence-corrected chi connectivity index (χ0v) is 10.7.